The summed E-state index contributed by atoms with van der Waals surface area (Å²) < 4.78 is 20.7. The molecule has 0 aliphatic carbocycles. The van der Waals surface area contributed by atoms with Crippen LogP contribution >= 0.6 is 0 Å². The highest BCUT2D eigenvalue weighted by atomic mass is 16.7. The van der Waals surface area contributed by atoms with E-state index in [0.717, 1.165) is 0 Å². The van der Waals surface area contributed by atoms with Crippen molar-refractivity contribution in [3.8, 4) is 0 Å². The highest BCUT2D eigenvalue weighted by Gasteiger charge is 2.46. The van der Waals surface area contributed by atoms with Crippen molar-refractivity contribution in [2.75, 3.05) is 20.3 Å². The molecule has 10 heteroatoms. The van der Waals surface area contributed by atoms with Gasteiger partial charge in [0.1, 0.15) is 24.6 Å². The summed E-state index contributed by atoms with van der Waals surface area (Å²) >= 11 is 0. The van der Waals surface area contributed by atoms with Crippen LogP contribution < -0.4 is 15.3 Å². The summed E-state index contributed by atoms with van der Waals surface area (Å²) in [6.07, 6.45) is -12.5. The van der Waals surface area contributed by atoms with E-state index in [1.807, 2.05) is 0 Å². The fourth-order valence-corrected chi connectivity index (χ4v) is 2.91. The maximum atomic E-state index is 12.2. The predicted molar refractivity (Wildman–Crippen MR) is 69.9 cm³/mol. The van der Waals surface area contributed by atoms with Crippen LogP contribution in [0, 0.1) is 5.92 Å². The van der Waals surface area contributed by atoms with Crippen LogP contribution in [-0.2, 0) is 18.9 Å². The molecule has 2 aliphatic rings. The number of rotatable bonds is 5. The van der Waals surface area contributed by atoms with E-state index in [1.54, 1.807) is 0 Å². The van der Waals surface area contributed by atoms with Crippen molar-refractivity contribution in [1.82, 2.24) is 0 Å². The molecule has 0 aromatic carbocycles. The quantitative estimate of drug-likeness (QED) is 0.435. The average Bonchev–Trinajstić information content (AvgIpc) is 2.59. The van der Waals surface area contributed by atoms with Crippen LogP contribution in [-0.4, -0.2) is 91.0 Å². The third-order valence-electron chi connectivity index (χ3n) is 4.53. The van der Waals surface area contributed by atoms with Gasteiger partial charge in [-0.3, -0.25) is 0 Å². The van der Waals surface area contributed by atoms with Gasteiger partial charge in [-0.25, -0.2) is 0 Å². The molecule has 0 aromatic rings. The van der Waals surface area contributed by atoms with Gasteiger partial charge in [-0.2, -0.15) is 0 Å². The van der Waals surface area contributed by atoms with Gasteiger partial charge in [-0.05, 0) is 6.10 Å². The number of ether oxygens (including phenoxy) is 4. The molecule has 0 radical (unpaired) electrons. The number of methoxy groups -OCH3 is 1. The van der Waals surface area contributed by atoms with Gasteiger partial charge >= 0.3 is 0 Å². The minimum atomic E-state index is -1.74. The van der Waals surface area contributed by atoms with Gasteiger partial charge in [-0.15, -0.1) is 13.2 Å². The van der Waals surface area contributed by atoms with E-state index in [-0.39, 0.29) is 0 Å². The van der Waals surface area contributed by atoms with E-state index in [4.69, 9.17) is 18.9 Å². The van der Waals surface area contributed by atoms with Gasteiger partial charge < -0.3 is 49.6 Å². The molecule has 10 atom stereocenters. The second kappa shape index (κ2) is 8.32. The lowest BCUT2D eigenvalue weighted by molar-refractivity contribution is -0.515. The van der Waals surface area contributed by atoms with Gasteiger partial charge in [0, 0.05) is 13.0 Å². The Morgan fingerprint density at radius 3 is 2.04 bits per heavy atom. The molecule has 2 saturated heterocycles. The van der Waals surface area contributed by atoms with Gasteiger partial charge in [0.25, 0.3) is 0 Å². The second-order valence-electron chi connectivity index (χ2n) is 6.05. The second-order valence-corrected chi connectivity index (χ2v) is 6.05. The largest absolute Gasteiger partial charge is 0.853 e. The average molecular weight is 351 g/mol. The molecule has 2 fully saturated rings. The summed E-state index contributed by atoms with van der Waals surface area (Å²) in [6, 6.07) is 0. The molecule has 0 aromatic heterocycles. The fraction of sp³-hybridized carbons (Fsp3) is 1.00. The summed E-state index contributed by atoms with van der Waals surface area (Å²) in [5, 5.41) is 64.6. The molecule has 2 aliphatic heterocycles. The molecule has 2 rings (SSSR count). The molecule has 0 bridgehead atoms. The van der Waals surface area contributed by atoms with Gasteiger partial charge in [-0.1, -0.05) is 6.92 Å². The molecule has 10 nitrogen and oxygen atoms in total. The van der Waals surface area contributed by atoms with Crippen molar-refractivity contribution >= 4 is 0 Å². The number of hydrogen-bond acceptors (Lipinski definition) is 10. The first-order valence-corrected chi connectivity index (χ1v) is 7.71. The number of hydrogen-bond donors (Lipinski definition) is 3. The van der Waals surface area contributed by atoms with E-state index < -0.39 is 74.4 Å². The SMILES string of the molecule is CO[C@@H]1O[C@@H](C[O-])[C@@H](O[C@@H]2OC(C[O-])[C@@H](C)[C@H](O)C2[O-])C(O)C1O. The zero-order valence-electron chi connectivity index (χ0n) is 13.4. The van der Waals surface area contributed by atoms with Crippen LogP contribution in [0.5, 0.6) is 0 Å². The van der Waals surface area contributed by atoms with Crippen molar-refractivity contribution in [3.63, 3.8) is 0 Å². The van der Waals surface area contributed by atoms with Crippen LogP contribution in [0.4, 0.5) is 0 Å². The third kappa shape index (κ3) is 3.73. The topological polar surface area (TPSA) is 167 Å². The lowest BCUT2D eigenvalue weighted by atomic mass is 9.91. The molecule has 24 heavy (non-hydrogen) atoms. The van der Waals surface area contributed by atoms with E-state index in [9.17, 15) is 30.6 Å². The first-order chi connectivity index (χ1) is 11.3. The monoisotopic (exact) mass is 351 g/mol. The van der Waals surface area contributed by atoms with Crippen molar-refractivity contribution in [1.29, 1.82) is 0 Å². The van der Waals surface area contributed by atoms with Crippen LogP contribution in [0.1, 0.15) is 6.92 Å². The summed E-state index contributed by atoms with van der Waals surface area (Å²) in [4.78, 5) is 0. The van der Waals surface area contributed by atoms with Crippen LogP contribution in [0.3, 0.4) is 0 Å². The highest BCUT2D eigenvalue weighted by molar-refractivity contribution is 4.92. The molecule has 0 saturated carbocycles. The smallest absolute Gasteiger partial charge is 0.186 e. The summed E-state index contributed by atoms with van der Waals surface area (Å²) in [5.41, 5.74) is 0. The Labute approximate surface area is 139 Å². The first kappa shape index (κ1) is 19.9. The van der Waals surface area contributed by atoms with Gasteiger partial charge in [0.2, 0.25) is 0 Å². The molecular formula is C14H23O10-3. The fourth-order valence-electron chi connectivity index (χ4n) is 2.91. The van der Waals surface area contributed by atoms with E-state index >= 15 is 0 Å². The minimum absolute atomic E-state index is 0.670. The Hall–Kier alpha value is -0.400. The number of aliphatic hydroxyl groups excluding tert-OH is 3. The van der Waals surface area contributed by atoms with E-state index in [0.29, 0.717) is 0 Å². The number of aliphatic hydroxyl groups is 3. The zero-order chi connectivity index (χ0) is 18.0. The van der Waals surface area contributed by atoms with Gasteiger partial charge in [0.15, 0.2) is 6.29 Å². The van der Waals surface area contributed by atoms with Crippen molar-refractivity contribution in [3.05, 3.63) is 0 Å². The maximum absolute atomic E-state index is 12.2. The molecule has 142 valence electrons. The summed E-state index contributed by atoms with van der Waals surface area (Å²) in [5.74, 6) is -0.670. The molecule has 0 spiro atoms. The molecule has 0 amide bonds. The van der Waals surface area contributed by atoms with Crippen molar-refractivity contribution in [2.45, 2.75) is 62.2 Å². The van der Waals surface area contributed by atoms with E-state index in [2.05, 4.69) is 0 Å². The third-order valence-corrected chi connectivity index (χ3v) is 4.53. The maximum Gasteiger partial charge on any atom is 0.186 e. The normalized spacial score (nSPS) is 50.0. The molecule has 4 unspecified atom stereocenters. The zero-order valence-corrected chi connectivity index (χ0v) is 13.4. The van der Waals surface area contributed by atoms with Crippen molar-refractivity contribution < 1.29 is 49.6 Å². The Morgan fingerprint density at radius 2 is 1.50 bits per heavy atom. The lowest BCUT2D eigenvalue weighted by Crippen LogP contribution is -2.66. The van der Waals surface area contributed by atoms with E-state index in [1.165, 1.54) is 14.0 Å². The Bertz CT molecular complexity index is 392. The summed E-state index contributed by atoms with van der Waals surface area (Å²) in [6.45, 7) is 0.00266. The minimum Gasteiger partial charge on any atom is -0.853 e. The lowest BCUT2D eigenvalue weighted by Gasteiger charge is -2.51. The first-order valence-electron chi connectivity index (χ1n) is 7.71. The van der Waals surface area contributed by atoms with Crippen LogP contribution in [0.25, 0.3) is 0 Å². The Morgan fingerprint density at radius 1 is 0.917 bits per heavy atom. The molecular weight excluding hydrogens is 328 g/mol. The Balaban J connectivity index is 2.12. The highest BCUT2D eigenvalue weighted by Crippen LogP contribution is 2.29. The van der Waals surface area contributed by atoms with Crippen LogP contribution in [0.15, 0.2) is 0 Å². The predicted octanol–water partition coefficient (Wildman–Crippen LogP) is -5.36. The van der Waals surface area contributed by atoms with Crippen LogP contribution in [0.2, 0.25) is 0 Å². The van der Waals surface area contributed by atoms with Gasteiger partial charge in [0.05, 0.1) is 18.3 Å². The van der Waals surface area contributed by atoms with Crippen molar-refractivity contribution in [2.24, 2.45) is 5.92 Å². The molecule has 3 N–H and O–H groups in total. The standard InChI is InChI=1S/C14H23O10/c1-5-6(3-15)22-14(10(19)8(5)17)24-12-7(4-16)23-13(21-2)11(20)9(12)18/h5-14,17-18,20H,3-4H2,1-2H3/q-3/t5-,6?,7+,8+,9?,10?,11?,12-,13-,14+/m1/s1. The molecule has 2 heterocycles. The summed E-state index contributed by atoms with van der Waals surface area (Å²) in [7, 11) is 1.23. The Kier molecular flexibility index (Phi) is 6.90.